The third-order valence-electron chi connectivity index (χ3n) is 3.41. The Labute approximate surface area is 128 Å². The van der Waals surface area contributed by atoms with E-state index in [1.165, 1.54) is 19.3 Å². The summed E-state index contributed by atoms with van der Waals surface area (Å²) in [4.78, 5) is 7.07. The van der Waals surface area contributed by atoms with Gasteiger partial charge < -0.3 is 5.32 Å². The number of halogens is 1. The van der Waals surface area contributed by atoms with Crippen LogP contribution < -0.4 is 5.32 Å². The molecule has 114 valence electrons. The Kier molecular flexibility index (Phi) is 7.93. The third-order valence-corrected chi connectivity index (χ3v) is 3.75. The number of hydrogen-bond acceptors (Lipinski definition) is 3. The summed E-state index contributed by atoms with van der Waals surface area (Å²) in [5, 5.41) is 4.00. The Bertz CT molecular complexity index is 393. The predicted molar refractivity (Wildman–Crippen MR) is 88.5 cm³/mol. The molecule has 1 heterocycles. The molecule has 0 saturated carbocycles. The molecule has 1 aromatic rings. The summed E-state index contributed by atoms with van der Waals surface area (Å²) >= 11 is 6.29. The fourth-order valence-electron chi connectivity index (χ4n) is 2.15. The standard InChI is InChI=1S/C16H28ClN3/c1-5-7-8-11-20(13(3)4)12-15-14(17)9-10-16(19-15)18-6-2/h9-10,13H,5-8,11-12H2,1-4H3,(H,18,19). The van der Waals surface area contributed by atoms with Crippen LogP contribution in [0.4, 0.5) is 5.82 Å². The Balaban J connectivity index is 2.73. The number of anilines is 1. The molecule has 0 aliphatic carbocycles. The lowest BCUT2D eigenvalue weighted by atomic mass is 10.2. The van der Waals surface area contributed by atoms with Crippen molar-refractivity contribution in [3.63, 3.8) is 0 Å². The molecule has 1 aromatic heterocycles. The molecule has 1 rings (SSSR count). The molecule has 0 unspecified atom stereocenters. The zero-order valence-electron chi connectivity index (χ0n) is 13.2. The van der Waals surface area contributed by atoms with E-state index < -0.39 is 0 Å². The highest BCUT2D eigenvalue weighted by molar-refractivity contribution is 6.31. The second-order valence-electron chi connectivity index (χ2n) is 5.43. The molecule has 1 N–H and O–H groups in total. The molecular formula is C16H28ClN3. The van der Waals surface area contributed by atoms with Gasteiger partial charge >= 0.3 is 0 Å². The van der Waals surface area contributed by atoms with Crippen molar-refractivity contribution in [3.8, 4) is 0 Å². The highest BCUT2D eigenvalue weighted by Crippen LogP contribution is 2.19. The molecule has 0 amide bonds. The number of pyridine rings is 1. The average Bonchev–Trinajstić information content (AvgIpc) is 2.41. The smallest absolute Gasteiger partial charge is 0.126 e. The van der Waals surface area contributed by atoms with Gasteiger partial charge in [0.2, 0.25) is 0 Å². The van der Waals surface area contributed by atoms with Crippen molar-refractivity contribution in [2.45, 2.75) is 59.5 Å². The van der Waals surface area contributed by atoms with Gasteiger partial charge in [-0.1, -0.05) is 31.4 Å². The van der Waals surface area contributed by atoms with Gasteiger partial charge in [-0.2, -0.15) is 0 Å². The maximum absolute atomic E-state index is 6.29. The number of nitrogens with zero attached hydrogens (tertiary/aromatic N) is 2. The topological polar surface area (TPSA) is 28.2 Å². The summed E-state index contributed by atoms with van der Waals surface area (Å²) in [5.41, 5.74) is 0.968. The minimum Gasteiger partial charge on any atom is -0.370 e. The van der Waals surface area contributed by atoms with Crippen molar-refractivity contribution in [1.82, 2.24) is 9.88 Å². The molecule has 3 nitrogen and oxygen atoms in total. The lowest BCUT2D eigenvalue weighted by Crippen LogP contribution is -2.31. The van der Waals surface area contributed by atoms with Gasteiger partial charge in [0.25, 0.3) is 0 Å². The summed E-state index contributed by atoms with van der Waals surface area (Å²) < 4.78 is 0. The second-order valence-corrected chi connectivity index (χ2v) is 5.83. The van der Waals surface area contributed by atoms with Crippen LogP contribution in [0.3, 0.4) is 0 Å². The fourth-order valence-corrected chi connectivity index (χ4v) is 2.32. The van der Waals surface area contributed by atoms with Gasteiger partial charge in [-0.15, -0.1) is 0 Å². The van der Waals surface area contributed by atoms with E-state index in [1.54, 1.807) is 0 Å². The van der Waals surface area contributed by atoms with Gasteiger partial charge in [-0.3, -0.25) is 4.90 Å². The number of aromatic nitrogens is 1. The van der Waals surface area contributed by atoms with Crippen molar-refractivity contribution in [2.75, 3.05) is 18.4 Å². The number of nitrogens with one attached hydrogen (secondary N) is 1. The summed E-state index contributed by atoms with van der Waals surface area (Å²) in [6.07, 6.45) is 3.77. The molecule has 20 heavy (non-hydrogen) atoms. The lowest BCUT2D eigenvalue weighted by molar-refractivity contribution is 0.206. The van der Waals surface area contributed by atoms with Gasteiger partial charge in [0.05, 0.1) is 10.7 Å². The zero-order chi connectivity index (χ0) is 15.0. The van der Waals surface area contributed by atoms with Crippen molar-refractivity contribution in [1.29, 1.82) is 0 Å². The lowest BCUT2D eigenvalue weighted by Gasteiger charge is -2.26. The van der Waals surface area contributed by atoms with Crippen LogP contribution in [-0.2, 0) is 6.54 Å². The maximum Gasteiger partial charge on any atom is 0.126 e. The van der Waals surface area contributed by atoms with E-state index in [0.717, 1.165) is 36.2 Å². The van der Waals surface area contributed by atoms with Gasteiger partial charge in [0, 0.05) is 19.1 Å². The molecule has 4 heteroatoms. The van der Waals surface area contributed by atoms with Crippen molar-refractivity contribution in [2.24, 2.45) is 0 Å². The van der Waals surface area contributed by atoms with E-state index in [4.69, 9.17) is 11.6 Å². The molecule has 0 aromatic carbocycles. The summed E-state index contributed by atoms with van der Waals surface area (Å²) in [7, 11) is 0. The van der Waals surface area contributed by atoms with Gasteiger partial charge in [-0.25, -0.2) is 4.98 Å². The predicted octanol–water partition coefficient (Wildman–Crippen LogP) is 4.57. The molecular weight excluding hydrogens is 270 g/mol. The normalized spacial score (nSPS) is 11.3. The van der Waals surface area contributed by atoms with Crippen LogP contribution in [-0.4, -0.2) is 29.0 Å². The minimum atomic E-state index is 0.507. The molecule has 0 spiro atoms. The van der Waals surface area contributed by atoms with E-state index in [0.29, 0.717) is 6.04 Å². The van der Waals surface area contributed by atoms with E-state index >= 15 is 0 Å². The van der Waals surface area contributed by atoms with Crippen molar-refractivity contribution in [3.05, 3.63) is 22.8 Å². The van der Waals surface area contributed by atoms with Crippen LogP contribution in [0.1, 0.15) is 52.7 Å². The summed E-state index contributed by atoms with van der Waals surface area (Å²) in [6, 6.07) is 4.38. The average molecular weight is 298 g/mol. The molecule has 0 radical (unpaired) electrons. The van der Waals surface area contributed by atoms with Gasteiger partial charge in [-0.05, 0) is 45.9 Å². The van der Waals surface area contributed by atoms with E-state index in [-0.39, 0.29) is 0 Å². The Morgan fingerprint density at radius 1 is 1.25 bits per heavy atom. The van der Waals surface area contributed by atoms with E-state index in [1.807, 2.05) is 12.1 Å². The van der Waals surface area contributed by atoms with Gasteiger partial charge in [0.15, 0.2) is 0 Å². The first-order valence-electron chi connectivity index (χ1n) is 7.71. The summed E-state index contributed by atoms with van der Waals surface area (Å²) in [6.45, 7) is 11.6. The molecule has 0 aliphatic heterocycles. The first-order chi connectivity index (χ1) is 9.58. The van der Waals surface area contributed by atoms with Crippen LogP contribution in [0, 0.1) is 0 Å². The van der Waals surface area contributed by atoms with Crippen molar-refractivity contribution < 1.29 is 0 Å². The third kappa shape index (κ3) is 5.68. The van der Waals surface area contributed by atoms with Crippen LogP contribution in [0.25, 0.3) is 0 Å². The number of rotatable bonds is 9. The SMILES string of the molecule is CCCCCN(Cc1nc(NCC)ccc1Cl)C(C)C. The highest BCUT2D eigenvalue weighted by Gasteiger charge is 2.13. The van der Waals surface area contributed by atoms with E-state index in [9.17, 15) is 0 Å². The van der Waals surface area contributed by atoms with Crippen LogP contribution in [0.5, 0.6) is 0 Å². The minimum absolute atomic E-state index is 0.507. The second kappa shape index (κ2) is 9.19. The quantitative estimate of drug-likeness (QED) is 0.677. The largest absolute Gasteiger partial charge is 0.370 e. The fraction of sp³-hybridized carbons (Fsp3) is 0.688. The Morgan fingerprint density at radius 3 is 2.60 bits per heavy atom. The highest BCUT2D eigenvalue weighted by atomic mass is 35.5. The molecule has 0 fully saturated rings. The van der Waals surface area contributed by atoms with Crippen LogP contribution in [0.15, 0.2) is 12.1 Å². The number of hydrogen-bond donors (Lipinski definition) is 1. The van der Waals surface area contributed by atoms with Crippen molar-refractivity contribution >= 4 is 17.4 Å². The maximum atomic E-state index is 6.29. The first kappa shape index (κ1) is 17.3. The van der Waals surface area contributed by atoms with E-state index in [2.05, 4.69) is 42.9 Å². The Morgan fingerprint density at radius 2 is 2.00 bits per heavy atom. The first-order valence-corrected chi connectivity index (χ1v) is 8.09. The van der Waals surface area contributed by atoms with Crippen LogP contribution in [0.2, 0.25) is 5.02 Å². The number of unbranched alkanes of at least 4 members (excludes halogenated alkanes) is 2. The molecule has 0 saturated heterocycles. The molecule has 0 aliphatic rings. The van der Waals surface area contributed by atoms with Crippen LogP contribution >= 0.6 is 11.6 Å². The zero-order valence-corrected chi connectivity index (χ0v) is 14.0. The monoisotopic (exact) mass is 297 g/mol. The Hall–Kier alpha value is -0.800. The summed E-state index contributed by atoms with van der Waals surface area (Å²) in [5.74, 6) is 0.907. The van der Waals surface area contributed by atoms with Gasteiger partial charge in [0.1, 0.15) is 5.82 Å². The molecule has 0 atom stereocenters. The molecule has 0 bridgehead atoms.